The second-order valence-corrected chi connectivity index (χ2v) is 4.84. The van der Waals surface area contributed by atoms with Gasteiger partial charge in [0, 0.05) is 30.9 Å². The SMILES string of the molecule is NCc1ccc(N2CC3CCC(C2)O3)cc1F. The van der Waals surface area contributed by atoms with E-state index in [0.29, 0.717) is 17.8 Å². The van der Waals surface area contributed by atoms with Gasteiger partial charge in [-0.3, -0.25) is 0 Å². The molecule has 1 aromatic rings. The van der Waals surface area contributed by atoms with E-state index in [0.717, 1.165) is 31.6 Å². The van der Waals surface area contributed by atoms with Gasteiger partial charge < -0.3 is 15.4 Å². The lowest BCUT2D eigenvalue weighted by molar-refractivity contribution is 0.0305. The van der Waals surface area contributed by atoms with Gasteiger partial charge in [0.1, 0.15) is 5.82 Å². The Morgan fingerprint density at radius 2 is 2.00 bits per heavy atom. The number of nitrogens with zero attached hydrogens (tertiary/aromatic N) is 1. The van der Waals surface area contributed by atoms with E-state index in [9.17, 15) is 4.39 Å². The summed E-state index contributed by atoms with van der Waals surface area (Å²) >= 11 is 0. The molecule has 2 N–H and O–H groups in total. The molecule has 2 saturated heterocycles. The molecular weight excluding hydrogens is 219 g/mol. The monoisotopic (exact) mass is 236 g/mol. The number of morpholine rings is 1. The molecular formula is C13H17FN2O. The normalized spacial score (nSPS) is 27.5. The van der Waals surface area contributed by atoms with Crippen molar-refractivity contribution in [2.75, 3.05) is 18.0 Å². The molecule has 4 heteroatoms. The van der Waals surface area contributed by atoms with Crippen molar-refractivity contribution in [3.8, 4) is 0 Å². The quantitative estimate of drug-likeness (QED) is 0.848. The number of anilines is 1. The zero-order valence-electron chi connectivity index (χ0n) is 9.73. The second kappa shape index (κ2) is 4.27. The smallest absolute Gasteiger partial charge is 0.129 e. The van der Waals surface area contributed by atoms with Crippen molar-refractivity contribution in [3.05, 3.63) is 29.6 Å². The highest BCUT2D eigenvalue weighted by Crippen LogP contribution is 2.30. The molecule has 2 aliphatic heterocycles. The van der Waals surface area contributed by atoms with Crippen LogP contribution in [-0.4, -0.2) is 25.3 Å². The molecule has 3 rings (SSSR count). The van der Waals surface area contributed by atoms with Crippen LogP contribution in [0.1, 0.15) is 18.4 Å². The number of benzene rings is 1. The number of nitrogens with two attached hydrogens (primary N) is 1. The molecule has 0 amide bonds. The van der Waals surface area contributed by atoms with Gasteiger partial charge >= 0.3 is 0 Å². The van der Waals surface area contributed by atoms with Gasteiger partial charge in [0.2, 0.25) is 0 Å². The Labute approximate surface area is 100 Å². The zero-order valence-corrected chi connectivity index (χ0v) is 9.73. The first kappa shape index (κ1) is 11.0. The van der Waals surface area contributed by atoms with E-state index in [-0.39, 0.29) is 12.4 Å². The Morgan fingerprint density at radius 1 is 1.29 bits per heavy atom. The number of rotatable bonds is 2. The molecule has 3 nitrogen and oxygen atoms in total. The van der Waals surface area contributed by atoms with Gasteiger partial charge in [0.25, 0.3) is 0 Å². The highest BCUT2D eigenvalue weighted by atomic mass is 19.1. The molecule has 0 aromatic heterocycles. The lowest BCUT2D eigenvalue weighted by atomic mass is 10.1. The van der Waals surface area contributed by atoms with Crippen LogP contribution in [0.2, 0.25) is 0 Å². The van der Waals surface area contributed by atoms with Crippen molar-refractivity contribution >= 4 is 5.69 Å². The maximum atomic E-state index is 13.7. The summed E-state index contributed by atoms with van der Waals surface area (Å²) < 4.78 is 19.4. The number of hydrogen-bond acceptors (Lipinski definition) is 3. The van der Waals surface area contributed by atoms with Gasteiger partial charge in [-0.2, -0.15) is 0 Å². The molecule has 2 atom stereocenters. The summed E-state index contributed by atoms with van der Waals surface area (Å²) in [7, 11) is 0. The van der Waals surface area contributed by atoms with Crippen LogP contribution in [-0.2, 0) is 11.3 Å². The van der Waals surface area contributed by atoms with Crippen molar-refractivity contribution in [3.63, 3.8) is 0 Å². The molecule has 92 valence electrons. The fraction of sp³-hybridized carbons (Fsp3) is 0.538. The number of ether oxygens (including phenoxy) is 1. The van der Waals surface area contributed by atoms with Crippen LogP contribution >= 0.6 is 0 Å². The van der Waals surface area contributed by atoms with Crippen LogP contribution in [0, 0.1) is 5.82 Å². The molecule has 0 saturated carbocycles. The summed E-state index contributed by atoms with van der Waals surface area (Å²) in [4.78, 5) is 2.22. The first-order valence-electron chi connectivity index (χ1n) is 6.15. The maximum Gasteiger partial charge on any atom is 0.129 e. The minimum atomic E-state index is -0.205. The third kappa shape index (κ3) is 2.03. The second-order valence-electron chi connectivity index (χ2n) is 4.84. The summed E-state index contributed by atoms with van der Waals surface area (Å²) in [6, 6.07) is 5.32. The van der Waals surface area contributed by atoms with Crippen LogP contribution in [0.25, 0.3) is 0 Å². The number of halogens is 1. The van der Waals surface area contributed by atoms with Crippen molar-refractivity contribution in [2.24, 2.45) is 5.73 Å². The summed E-state index contributed by atoms with van der Waals surface area (Å²) in [5.74, 6) is -0.205. The van der Waals surface area contributed by atoms with Crippen LogP contribution < -0.4 is 10.6 Å². The van der Waals surface area contributed by atoms with Gasteiger partial charge in [-0.15, -0.1) is 0 Å². The van der Waals surface area contributed by atoms with Gasteiger partial charge in [-0.25, -0.2) is 4.39 Å². The molecule has 2 unspecified atom stereocenters. The molecule has 1 aromatic carbocycles. The largest absolute Gasteiger partial charge is 0.371 e. The predicted octanol–water partition coefficient (Wildman–Crippen LogP) is 1.65. The van der Waals surface area contributed by atoms with Crippen LogP contribution in [0.4, 0.5) is 10.1 Å². The van der Waals surface area contributed by atoms with E-state index in [2.05, 4.69) is 4.90 Å². The van der Waals surface area contributed by atoms with Crippen molar-refractivity contribution in [1.29, 1.82) is 0 Å². The molecule has 2 bridgehead atoms. The Morgan fingerprint density at radius 3 is 2.59 bits per heavy atom. The molecule has 0 spiro atoms. The number of fused-ring (bicyclic) bond motifs is 2. The van der Waals surface area contributed by atoms with E-state index < -0.39 is 0 Å². The standard InChI is InChI=1S/C13H17FN2O/c14-13-5-10(2-1-9(13)6-15)16-7-11-3-4-12(8-16)17-11/h1-2,5,11-12H,3-4,6-8,15H2. The Kier molecular flexibility index (Phi) is 2.76. The lowest BCUT2D eigenvalue weighted by Gasteiger charge is -2.34. The fourth-order valence-corrected chi connectivity index (χ4v) is 2.72. The average Bonchev–Trinajstić information content (AvgIpc) is 2.68. The maximum absolute atomic E-state index is 13.7. The first-order valence-corrected chi connectivity index (χ1v) is 6.15. The van der Waals surface area contributed by atoms with E-state index >= 15 is 0 Å². The third-order valence-electron chi connectivity index (χ3n) is 3.67. The van der Waals surface area contributed by atoms with Crippen molar-refractivity contribution in [2.45, 2.75) is 31.6 Å². The Bertz CT molecular complexity index is 412. The van der Waals surface area contributed by atoms with Gasteiger partial charge in [0.05, 0.1) is 12.2 Å². The molecule has 2 fully saturated rings. The molecule has 0 radical (unpaired) electrons. The van der Waals surface area contributed by atoms with Crippen LogP contribution in [0.3, 0.4) is 0 Å². The molecule has 2 heterocycles. The third-order valence-corrected chi connectivity index (χ3v) is 3.67. The number of hydrogen-bond donors (Lipinski definition) is 1. The van der Waals surface area contributed by atoms with E-state index in [1.165, 1.54) is 0 Å². The molecule has 0 aliphatic carbocycles. The predicted molar refractivity (Wildman–Crippen MR) is 64.4 cm³/mol. The summed E-state index contributed by atoms with van der Waals surface area (Å²) in [6.45, 7) is 2.00. The summed E-state index contributed by atoms with van der Waals surface area (Å²) in [5.41, 5.74) is 6.98. The fourth-order valence-electron chi connectivity index (χ4n) is 2.72. The average molecular weight is 236 g/mol. The molecule has 2 aliphatic rings. The lowest BCUT2D eigenvalue weighted by Crippen LogP contribution is -2.42. The molecule has 17 heavy (non-hydrogen) atoms. The highest BCUT2D eigenvalue weighted by molar-refractivity contribution is 5.49. The zero-order chi connectivity index (χ0) is 11.8. The van der Waals surface area contributed by atoms with E-state index in [1.54, 1.807) is 12.1 Å². The van der Waals surface area contributed by atoms with Gasteiger partial charge in [-0.1, -0.05) is 6.07 Å². The van der Waals surface area contributed by atoms with E-state index in [1.807, 2.05) is 6.07 Å². The summed E-state index contributed by atoms with van der Waals surface area (Å²) in [6.07, 6.45) is 2.91. The van der Waals surface area contributed by atoms with Gasteiger partial charge in [-0.05, 0) is 25.0 Å². The topological polar surface area (TPSA) is 38.5 Å². The van der Waals surface area contributed by atoms with Gasteiger partial charge in [0.15, 0.2) is 0 Å². The Hall–Kier alpha value is -1.13. The highest BCUT2D eigenvalue weighted by Gasteiger charge is 2.33. The van der Waals surface area contributed by atoms with Crippen LogP contribution in [0.5, 0.6) is 0 Å². The minimum absolute atomic E-state index is 0.205. The van der Waals surface area contributed by atoms with Crippen LogP contribution in [0.15, 0.2) is 18.2 Å². The van der Waals surface area contributed by atoms with Crippen molar-refractivity contribution < 1.29 is 9.13 Å². The first-order chi connectivity index (χ1) is 8.26. The Balaban J connectivity index is 1.82. The van der Waals surface area contributed by atoms with E-state index in [4.69, 9.17) is 10.5 Å². The summed E-state index contributed by atoms with van der Waals surface area (Å²) in [5, 5.41) is 0. The van der Waals surface area contributed by atoms with Crippen molar-refractivity contribution in [1.82, 2.24) is 0 Å². The minimum Gasteiger partial charge on any atom is -0.371 e.